The number of carbonyl (C=O) groups is 2. The molecule has 7 nitrogen and oxygen atoms in total. The number of halogens is 1. The van der Waals surface area contributed by atoms with Gasteiger partial charge in [0.15, 0.2) is 0 Å². The van der Waals surface area contributed by atoms with E-state index >= 15 is 0 Å². The van der Waals surface area contributed by atoms with E-state index in [2.05, 4.69) is 10.3 Å². The van der Waals surface area contributed by atoms with Crippen LogP contribution in [-0.2, 0) is 19.9 Å². The van der Waals surface area contributed by atoms with Crippen LogP contribution in [0.25, 0.3) is 11.1 Å². The smallest absolute Gasteiger partial charge is 0.339 e. The lowest BCUT2D eigenvalue weighted by molar-refractivity contribution is -0.173. The second-order valence-corrected chi connectivity index (χ2v) is 8.97. The number of methoxy groups -OCH3 is 1. The lowest BCUT2D eigenvalue weighted by Crippen LogP contribution is -2.57. The Morgan fingerprint density at radius 2 is 1.92 bits per heavy atom. The third-order valence-electron chi connectivity index (χ3n) is 6.70. The number of carbonyl (C=O) groups excluding carboxylic acids is 2. The number of aliphatic hydroxyl groups is 1. The number of hydrogen-bond acceptors (Lipinski definition) is 7. The maximum absolute atomic E-state index is 13.5. The summed E-state index contributed by atoms with van der Waals surface area (Å²) in [4.78, 5) is 29.1. The van der Waals surface area contributed by atoms with Gasteiger partial charge in [0.05, 0.1) is 12.7 Å². The van der Waals surface area contributed by atoms with Crippen LogP contribution in [0.15, 0.2) is 67.0 Å². The van der Waals surface area contributed by atoms with Crippen molar-refractivity contribution in [2.45, 2.75) is 37.3 Å². The molecule has 36 heavy (non-hydrogen) atoms. The Kier molecular flexibility index (Phi) is 7.76. The number of cyclic esters (lactones) is 1. The Balaban J connectivity index is 1.50. The number of pyridine rings is 1. The number of aliphatic hydroxyl groups excluding tert-OH is 1. The average molecular weight is 493 g/mol. The van der Waals surface area contributed by atoms with Gasteiger partial charge in [-0.2, -0.15) is 0 Å². The highest BCUT2D eigenvalue weighted by molar-refractivity contribution is 5.90. The molecular formula is C28H29FN2O5. The van der Waals surface area contributed by atoms with Crippen LogP contribution in [0.5, 0.6) is 0 Å². The molecule has 4 rings (SSSR count). The fourth-order valence-corrected chi connectivity index (χ4v) is 4.59. The minimum Gasteiger partial charge on any atom is -0.465 e. The van der Waals surface area contributed by atoms with Crippen molar-refractivity contribution in [2.75, 3.05) is 20.3 Å². The number of nitrogens with zero attached hydrogens (tertiary/aromatic N) is 1. The van der Waals surface area contributed by atoms with Crippen molar-refractivity contribution in [3.63, 3.8) is 0 Å². The van der Waals surface area contributed by atoms with Gasteiger partial charge < -0.3 is 14.6 Å². The molecule has 0 radical (unpaired) electrons. The number of esters is 2. The molecule has 1 aromatic heterocycles. The van der Waals surface area contributed by atoms with Gasteiger partial charge in [-0.25, -0.2) is 9.18 Å². The number of hydrogen-bond donors (Lipinski definition) is 2. The molecule has 1 aliphatic heterocycles. The summed E-state index contributed by atoms with van der Waals surface area (Å²) in [7, 11) is 1.33. The highest BCUT2D eigenvalue weighted by Gasteiger charge is 2.44. The van der Waals surface area contributed by atoms with Crippen LogP contribution in [0.4, 0.5) is 4.39 Å². The van der Waals surface area contributed by atoms with Gasteiger partial charge in [0.1, 0.15) is 17.5 Å². The summed E-state index contributed by atoms with van der Waals surface area (Å²) in [6, 6.07) is 14.8. The molecule has 188 valence electrons. The van der Waals surface area contributed by atoms with Gasteiger partial charge in [-0.05, 0) is 47.7 Å². The zero-order chi connectivity index (χ0) is 25.7. The van der Waals surface area contributed by atoms with Crippen molar-refractivity contribution in [1.29, 1.82) is 0 Å². The van der Waals surface area contributed by atoms with E-state index in [1.807, 2.05) is 31.2 Å². The van der Waals surface area contributed by atoms with Crippen molar-refractivity contribution in [1.82, 2.24) is 10.3 Å². The summed E-state index contributed by atoms with van der Waals surface area (Å²) in [5.41, 5.74) is 2.69. The summed E-state index contributed by atoms with van der Waals surface area (Å²) in [5.74, 6) is -1.40. The first kappa shape index (κ1) is 25.5. The van der Waals surface area contributed by atoms with Crippen LogP contribution in [0, 0.1) is 5.82 Å². The van der Waals surface area contributed by atoms with E-state index in [1.165, 1.54) is 25.4 Å². The van der Waals surface area contributed by atoms with E-state index < -0.39 is 23.6 Å². The van der Waals surface area contributed by atoms with E-state index in [9.17, 15) is 19.1 Å². The minimum absolute atomic E-state index is 0.0370. The second kappa shape index (κ2) is 11.0. The molecule has 1 saturated heterocycles. The number of ether oxygens (including phenoxy) is 2. The molecular weight excluding hydrogens is 463 g/mol. The number of aromatic nitrogens is 1. The third kappa shape index (κ3) is 5.29. The summed E-state index contributed by atoms with van der Waals surface area (Å²) in [6.07, 6.45) is 3.99. The predicted molar refractivity (Wildman–Crippen MR) is 132 cm³/mol. The molecule has 1 aliphatic rings. The van der Waals surface area contributed by atoms with Crippen molar-refractivity contribution in [3.05, 3.63) is 89.5 Å². The third-order valence-corrected chi connectivity index (χ3v) is 6.70. The Hall–Kier alpha value is -3.62. The molecule has 0 bridgehead atoms. The molecule has 0 spiro atoms. The van der Waals surface area contributed by atoms with E-state index in [0.29, 0.717) is 30.5 Å². The number of rotatable bonds is 8. The van der Waals surface area contributed by atoms with Crippen molar-refractivity contribution >= 4 is 11.9 Å². The van der Waals surface area contributed by atoms with Crippen LogP contribution in [0.1, 0.15) is 47.2 Å². The molecule has 2 unspecified atom stereocenters. The van der Waals surface area contributed by atoms with Crippen LogP contribution < -0.4 is 5.32 Å². The first-order valence-electron chi connectivity index (χ1n) is 11.8. The zero-order valence-corrected chi connectivity index (χ0v) is 20.2. The minimum atomic E-state index is -0.967. The molecule has 2 N–H and O–H groups in total. The van der Waals surface area contributed by atoms with Crippen LogP contribution in [0.3, 0.4) is 0 Å². The molecule has 2 heterocycles. The largest absolute Gasteiger partial charge is 0.465 e. The molecule has 0 amide bonds. The lowest BCUT2D eigenvalue weighted by atomic mass is 9.84. The van der Waals surface area contributed by atoms with Crippen molar-refractivity contribution < 1.29 is 28.6 Å². The average Bonchev–Trinajstić information content (AvgIpc) is 2.91. The maximum Gasteiger partial charge on any atom is 0.339 e. The van der Waals surface area contributed by atoms with Gasteiger partial charge in [-0.1, -0.05) is 43.3 Å². The van der Waals surface area contributed by atoms with Crippen LogP contribution >= 0.6 is 0 Å². The van der Waals surface area contributed by atoms with Gasteiger partial charge in [-0.3, -0.25) is 15.1 Å². The normalized spacial score (nSPS) is 20.4. The number of benzene rings is 2. The maximum atomic E-state index is 13.5. The Morgan fingerprint density at radius 1 is 1.19 bits per heavy atom. The Morgan fingerprint density at radius 3 is 2.56 bits per heavy atom. The van der Waals surface area contributed by atoms with Gasteiger partial charge in [0.25, 0.3) is 0 Å². The fraction of sp³-hybridized carbons (Fsp3) is 0.321. The van der Waals surface area contributed by atoms with E-state index in [4.69, 9.17) is 9.47 Å². The number of morpholine rings is 1. The predicted octanol–water partition coefficient (Wildman–Crippen LogP) is 3.96. The molecule has 1 fully saturated rings. The highest BCUT2D eigenvalue weighted by atomic mass is 19.1. The van der Waals surface area contributed by atoms with E-state index in [1.54, 1.807) is 24.4 Å². The number of nitrogens with one attached hydrogen (secondary N) is 1. The van der Waals surface area contributed by atoms with Gasteiger partial charge in [-0.15, -0.1) is 0 Å². The standard InChI is InChI=1S/C28H29FN2O5/c1-18(19-4-6-20(7-5-19)21-14-22(16-30-15-21)26(33)35-2)25-27(34)36-28(17-31-25,12-3-13-32)23-8-10-24(29)11-9-23/h4-11,14-16,18,25,31-32H,3,12-13,17H2,1-2H3/t18-,25?,28?/m0/s1. The monoisotopic (exact) mass is 492 g/mol. The molecule has 2 aromatic carbocycles. The summed E-state index contributed by atoms with van der Waals surface area (Å²) in [5, 5.41) is 12.7. The SMILES string of the molecule is COC(=O)c1cncc(-c2ccc([C@H](C)C3NCC(CCCO)(c4ccc(F)cc4)OC3=O)cc2)c1. The Bertz CT molecular complexity index is 1220. The fourth-order valence-electron chi connectivity index (χ4n) is 4.59. The van der Waals surface area contributed by atoms with Gasteiger partial charge in [0, 0.05) is 37.0 Å². The molecule has 8 heteroatoms. The van der Waals surface area contributed by atoms with Crippen molar-refractivity contribution in [3.8, 4) is 11.1 Å². The summed E-state index contributed by atoms with van der Waals surface area (Å²) in [6.45, 7) is 2.26. The quantitative estimate of drug-likeness (QED) is 0.460. The van der Waals surface area contributed by atoms with Crippen molar-refractivity contribution in [2.24, 2.45) is 0 Å². The highest BCUT2D eigenvalue weighted by Crippen LogP contribution is 2.36. The lowest BCUT2D eigenvalue weighted by Gasteiger charge is -2.42. The molecule has 3 atom stereocenters. The first-order valence-corrected chi connectivity index (χ1v) is 11.8. The molecule has 0 saturated carbocycles. The zero-order valence-electron chi connectivity index (χ0n) is 20.2. The summed E-state index contributed by atoms with van der Waals surface area (Å²) < 4.78 is 24.3. The topological polar surface area (TPSA) is 97.8 Å². The molecule has 0 aliphatic carbocycles. The first-order chi connectivity index (χ1) is 17.4. The van der Waals surface area contributed by atoms with E-state index in [-0.39, 0.29) is 18.3 Å². The van der Waals surface area contributed by atoms with E-state index in [0.717, 1.165) is 16.7 Å². The summed E-state index contributed by atoms with van der Waals surface area (Å²) >= 11 is 0. The van der Waals surface area contributed by atoms with Gasteiger partial charge >= 0.3 is 11.9 Å². The Labute approximate surface area is 209 Å². The molecule has 3 aromatic rings. The second-order valence-electron chi connectivity index (χ2n) is 8.97. The van der Waals surface area contributed by atoms with Gasteiger partial charge in [0.2, 0.25) is 0 Å². The van der Waals surface area contributed by atoms with Crippen LogP contribution in [-0.4, -0.2) is 48.3 Å². The van der Waals surface area contributed by atoms with Crippen LogP contribution in [0.2, 0.25) is 0 Å².